The summed E-state index contributed by atoms with van der Waals surface area (Å²) in [6.07, 6.45) is 3.15. The van der Waals surface area contributed by atoms with Crippen molar-refractivity contribution in [2.75, 3.05) is 18.0 Å². The van der Waals surface area contributed by atoms with E-state index in [4.69, 9.17) is 10.4 Å². The molecular weight excluding hydrogens is 218 g/mol. The topological polar surface area (TPSA) is 77.2 Å². The van der Waals surface area contributed by atoms with Crippen LogP contribution in [0.5, 0.6) is 0 Å². The van der Waals surface area contributed by atoms with Gasteiger partial charge in [0.25, 0.3) is 0 Å². The molecule has 5 heteroatoms. The van der Waals surface area contributed by atoms with E-state index in [1.807, 2.05) is 11.8 Å². The minimum absolute atomic E-state index is 0.367. The van der Waals surface area contributed by atoms with E-state index in [2.05, 4.69) is 11.1 Å². The largest absolute Gasteiger partial charge is 0.481 e. The number of carboxylic acid groups (broad SMARTS) is 1. The lowest BCUT2D eigenvalue weighted by Crippen LogP contribution is -2.32. The van der Waals surface area contributed by atoms with E-state index in [1.165, 1.54) is 0 Å². The van der Waals surface area contributed by atoms with E-state index in [1.54, 1.807) is 25.4 Å². The van der Waals surface area contributed by atoms with Gasteiger partial charge in [-0.05, 0) is 13.0 Å². The smallest absolute Gasteiger partial charge is 0.308 e. The average Bonchev–Trinajstić information content (AvgIpc) is 2.35. The molecule has 1 N–H and O–H groups in total. The molecule has 1 aromatic heterocycles. The predicted octanol–water partition coefficient (Wildman–Crippen LogP) is 1.50. The maximum atomic E-state index is 10.8. The fraction of sp³-hybridized carbons (Fsp3) is 0.417. The molecule has 0 aliphatic heterocycles. The monoisotopic (exact) mass is 233 g/mol. The summed E-state index contributed by atoms with van der Waals surface area (Å²) in [6.45, 7) is 4.57. The summed E-state index contributed by atoms with van der Waals surface area (Å²) in [5, 5.41) is 17.9. The number of rotatable bonds is 5. The molecule has 1 rings (SSSR count). The van der Waals surface area contributed by atoms with Gasteiger partial charge in [-0.15, -0.1) is 0 Å². The molecule has 0 amide bonds. The standard InChI is InChI=1S/C12H15N3O2/c1-3-15(8-9(2)12(16)17)11-7-14-5-4-10(11)6-13/h4-5,7,9H,3,8H2,1-2H3,(H,16,17). The highest BCUT2D eigenvalue weighted by Gasteiger charge is 2.17. The lowest BCUT2D eigenvalue weighted by Gasteiger charge is -2.25. The minimum atomic E-state index is -0.842. The third-order valence-corrected chi connectivity index (χ3v) is 2.56. The number of pyridine rings is 1. The number of aromatic nitrogens is 1. The van der Waals surface area contributed by atoms with Crippen LogP contribution in [-0.4, -0.2) is 29.1 Å². The second-order valence-corrected chi connectivity index (χ2v) is 3.78. The van der Waals surface area contributed by atoms with Crippen molar-refractivity contribution in [2.24, 2.45) is 5.92 Å². The molecule has 17 heavy (non-hydrogen) atoms. The van der Waals surface area contributed by atoms with Gasteiger partial charge in [-0.1, -0.05) is 6.92 Å². The third kappa shape index (κ3) is 3.18. The van der Waals surface area contributed by atoms with Crippen LogP contribution in [0, 0.1) is 17.2 Å². The van der Waals surface area contributed by atoms with Crippen molar-refractivity contribution < 1.29 is 9.90 Å². The Labute approximate surface area is 100 Å². The molecule has 0 fully saturated rings. The molecule has 5 nitrogen and oxygen atoms in total. The number of carboxylic acids is 1. The summed E-state index contributed by atoms with van der Waals surface area (Å²) >= 11 is 0. The van der Waals surface area contributed by atoms with Crippen molar-refractivity contribution in [2.45, 2.75) is 13.8 Å². The van der Waals surface area contributed by atoms with Crippen molar-refractivity contribution in [1.82, 2.24) is 4.98 Å². The zero-order valence-corrected chi connectivity index (χ0v) is 9.92. The number of hydrogen-bond donors (Lipinski definition) is 1. The van der Waals surface area contributed by atoms with E-state index >= 15 is 0 Å². The zero-order valence-electron chi connectivity index (χ0n) is 9.92. The first-order chi connectivity index (χ1) is 8.10. The van der Waals surface area contributed by atoms with Crippen molar-refractivity contribution in [3.63, 3.8) is 0 Å². The van der Waals surface area contributed by atoms with Crippen molar-refractivity contribution in [3.05, 3.63) is 24.0 Å². The van der Waals surface area contributed by atoms with E-state index in [0.29, 0.717) is 24.3 Å². The normalized spacial score (nSPS) is 11.6. The summed E-state index contributed by atoms with van der Waals surface area (Å²) in [7, 11) is 0. The SMILES string of the molecule is CCN(CC(C)C(=O)O)c1cnccc1C#N. The van der Waals surface area contributed by atoms with Crippen LogP contribution in [0.25, 0.3) is 0 Å². The van der Waals surface area contributed by atoms with Crippen LogP contribution in [0.15, 0.2) is 18.5 Å². The predicted molar refractivity (Wildman–Crippen MR) is 63.6 cm³/mol. The van der Waals surface area contributed by atoms with Crippen LogP contribution < -0.4 is 4.90 Å². The van der Waals surface area contributed by atoms with Gasteiger partial charge in [0.1, 0.15) is 6.07 Å². The zero-order chi connectivity index (χ0) is 12.8. The Hall–Kier alpha value is -2.09. The Morgan fingerprint density at radius 2 is 2.41 bits per heavy atom. The first kappa shape index (κ1) is 13.0. The number of carbonyl (C=O) groups is 1. The molecule has 1 atom stereocenters. The summed E-state index contributed by atoms with van der Waals surface area (Å²) < 4.78 is 0. The first-order valence-corrected chi connectivity index (χ1v) is 5.42. The van der Waals surface area contributed by atoms with Gasteiger partial charge in [0.2, 0.25) is 0 Å². The molecule has 0 spiro atoms. The Kier molecular flexibility index (Phi) is 4.46. The van der Waals surface area contributed by atoms with Gasteiger partial charge in [0.15, 0.2) is 0 Å². The highest BCUT2D eigenvalue weighted by atomic mass is 16.4. The van der Waals surface area contributed by atoms with Gasteiger partial charge in [-0.2, -0.15) is 5.26 Å². The highest BCUT2D eigenvalue weighted by Crippen LogP contribution is 2.19. The Morgan fingerprint density at radius 1 is 1.71 bits per heavy atom. The van der Waals surface area contributed by atoms with Gasteiger partial charge in [0.05, 0.1) is 23.4 Å². The van der Waals surface area contributed by atoms with Crippen LogP contribution in [0.2, 0.25) is 0 Å². The van der Waals surface area contributed by atoms with Gasteiger partial charge >= 0.3 is 5.97 Å². The van der Waals surface area contributed by atoms with E-state index in [9.17, 15) is 4.79 Å². The van der Waals surface area contributed by atoms with Crippen LogP contribution >= 0.6 is 0 Å². The number of aliphatic carboxylic acids is 1. The first-order valence-electron chi connectivity index (χ1n) is 5.42. The molecule has 0 aliphatic carbocycles. The number of hydrogen-bond acceptors (Lipinski definition) is 4. The molecule has 1 heterocycles. The molecule has 0 saturated heterocycles. The third-order valence-electron chi connectivity index (χ3n) is 2.56. The average molecular weight is 233 g/mol. The molecule has 90 valence electrons. The number of nitriles is 1. The van der Waals surface area contributed by atoms with Crippen molar-refractivity contribution in [1.29, 1.82) is 5.26 Å². The molecule has 0 bridgehead atoms. The van der Waals surface area contributed by atoms with Crippen LogP contribution in [0.3, 0.4) is 0 Å². The van der Waals surface area contributed by atoms with Crippen LogP contribution in [0.1, 0.15) is 19.4 Å². The van der Waals surface area contributed by atoms with Crippen LogP contribution in [0.4, 0.5) is 5.69 Å². The Bertz CT molecular complexity index is 440. The van der Waals surface area contributed by atoms with Gasteiger partial charge in [0, 0.05) is 19.3 Å². The second kappa shape index (κ2) is 5.85. The van der Waals surface area contributed by atoms with Crippen molar-refractivity contribution in [3.8, 4) is 6.07 Å². The maximum absolute atomic E-state index is 10.8. The molecular formula is C12H15N3O2. The summed E-state index contributed by atoms with van der Waals surface area (Å²) in [4.78, 5) is 16.7. The summed E-state index contributed by atoms with van der Waals surface area (Å²) in [5.41, 5.74) is 1.20. The lowest BCUT2D eigenvalue weighted by molar-refractivity contribution is -0.140. The maximum Gasteiger partial charge on any atom is 0.308 e. The molecule has 0 aliphatic rings. The van der Waals surface area contributed by atoms with Crippen LogP contribution in [-0.2, 0) is 4.79 Å². The number of anilines is 1. The fourth-order valence-electron chi connectivity index (χ4n) is 1.54. The molecule has 0 aromatic carbocycles. The van der Waals surface area contributed by atoms with E-state index in [-0.39, 0.29) is 0 Å². The number of nitrogens with zero attached hydrogens (tertiary/aromatic N) is 3. The summed E-state index contributed by atoms with van der Waals surface area (Å²) in [6, 6.07) is 3.71. The van der Waals surface area contributed by atoms with Gasteiger partial charge in [-0.25, -0.2) is 0 Å². The van der Waals surface area contributed by atoms with Gasteiger partial charge < -0.3 is 10.0 Å². The summed E-state index contributed by atoms with van der Waals surface area (Å²) in [5.74, 6) is -1.33. The molecule has 0 saturated carbocycles. The van der Waals surface area contributed by atoms with E-state index < -0.39 is 11.9 Å². The minimum Gasteiger partial charge on any atom is -0.481 e. The Morgan fingerprint density at radius 3 is 2.94 bits per heavy atom. The molecule has 0 radical (unpaired) electrons. The second-order valence-electron chi connectivity index (χ2n) is 3.78. The van der Waals surface area contributed by atoms with E-state index in [0.717, 1.165) is 0 Å². The highest BCUT2D eigenvalue weighted by molar-refractivity contribution is 5.71. The quantitative estimate of drug-likeness (QED) is 0.833. The Balaban J connectivity index is 2.94. The molecule has 1 unspecified atom stereocenters. The van der Waals surface area contributed by atoms with Gasteiger partial charge in [-0.3, -0.25) is 9.78 Å². The molecule has 1 aromatic rings. The lowest BCUT2D eigenvalue weighted by atomic mass is 10.1. The van der Waals surface area contributed by atoms with Crippen molar-refractivity contribution >= 4 is 11.7 Å². The fourth-order valence-corrected chi connectivity index (χ4v) is 1.54.